The monoisotopic (exact) mass is 396 g/mol. The van der Waals surface area contributed by atoms with Gasteiger partial charge in [0.2, 0.25) is 0 Å². The number of carboxylic acid groups (broad SMARTS) is 1. The van der Waals surface area contributed by atoms with Gasteiger partial charge in [0.1, 0.15) is 12.4 Å². The van der Waals surface area contributed by atoms with E-state index < -0.39 is 5.97 Å². The van der Waals surface area contributed by atoms with Crippen LogP contribution in [0.25, 0.3) is 0 Å². The Hall–Kier alpha value is -2.86. The minimum absolute atomic E-state index is 0.0391. The van der Waals surface area contributed by atoms with E-state index >= 15 is 0 Å². The first-order valence-corrected chi connectivity index (χ1v) is 10.0. The number of nitrogens with one attached hydrogen (secondary N) is 1. The number of hydrogen-bond donors (Lipinski definition) is 2. The van der Waals surface area contributed by atoms with Gasteiger partial charge in [0.25, 0.3) is 5.91 Å². The summed E-state index contributed by atoms with van der Waals surface area (Å²) in [5.74, 6) is -0.417. The maximum Gasteiger partial charge on any atom is 0.317 e. The lowest BCUT2D eigenvalue weighted by Gasteiger charge is -2.42. The Labute approximate surface area is 171 Å². The highest BCUT2D eigenvalue weighted by molar-refractivity contribution is 5.97. The zero-order valence-electron chi connectivity index (χ0n) is 16.9. The largest absolute Gasteiger partial charge is 0.488 e. The molecule has 2 aromatic carbocycles. The zero-order chi connectivity index (χ0) is 20.8. The van der Waals surface area contributed by atoms with Crippen molar-refractivity contribution in [2.75, 3.05) is 13.1 Å². The van der Waals surface area contributed by atoms with Gasteiger partial charge in [0, 0.05) is 12.1 Å². The quantitative estimate of drug-likeness (QED) is 0.680. The van der Waals surface area contributed by atoms with Gasteiger partial charge in [-0.15, -0.1) is 0 Å². The van der Waals surface area contributed by atoms with Crippen molar-refractivity contribution < 1.29 is 19.4 Å². The summed E-state index contributed by atoms with van der Waals surface area (Å²) >= 11 is 0. The van der Waals surface area contributed by atoms with Gasteiger partial charge in [-0.1, -0.05) is 43.3 Å². The minimum atomic E-state index is -0.820. The van der Waals surface area contributed by atoms with E-state index in [0.29, 0.717) is 24.5 Å². The molecule has 6 heteroatoms. The maximum absolute atomic E-state index is 12.8. The SMILES string of the molecule is CCN(CC(=O)O)C1CC(NC(=O)c2ccccc2OCc2ccccc2C)C1. The van der Waals surface area contributed by atoms with E-state index in [-0.39, 0.29) is 24.5 Å². The number of aliphatic carboxylic acids is 1. The van der Waals surface area contributed by atoms with E-state index in [4.69, 9.17) is 9.84 Å². The standard InChI is InChI=1S/C23H28N2O4/c1-3-25(14-22(26)27)19-12-18(13-19)24-23(28)20-10-6-7-11-21(20)29-15-17-9-5-4-8-16(17)2/h4-11,18-19H,3,12-15H2,1-2H3,(H,24,28)(H,26,27). The number of likely N-dealkylation sites (N-methyl/N-ethyl adjacent to an activating group) is 1. The van der Waals surface area contributed by atoms with Crippen LogP contribution >= 0.6 is 0 Å². The summed E-state index contributed by atoms with van der Waals surface area (Å²) in [4.78, 5) is 25.7. The number of benzene rings is 2. The lowest BCUT2D eigenvalue weighted by Crippen LogP contribution is -2.54. The number of carbonyl (C=O) groups excluding carboxylic acids is 1. The fraction of sp³-hybridized carbons (Fsp3) is 0.391. The number of rotatable bonds is 9. The predicted octanol–water partition coefficient (Wildman–Crippen LogP) is 3.24. The summed E-state index contributed by atoms with van der Waals surface area (Å²) in [6.07, 6.45) is 1.53. The van der Waals surface area contributed by atoms with Gasteiger partial charge in [-0.05, 0) is 49.6 Å². The molecule has 0 unspecified atom stereocenters. The molecule has 1 aliphatic carbocycles. The topological polar surface area (TPSA) is 78.9 Å². The van der Waals surface area contributed by atoms with Gasteiger partial charge in [0.05, 0.1) is 12.1 Å². The van der Waals surface area contributed by atoms with Crippen LogP contribution in [-0.4, -0.2) is 47.1 Å². The summed E-state index contributed by atoms with van der Waals surface area (Å²) in [7, 11) is 0. The minimum Gasteiger partial charge on any atom is -0.488 e. The van der Waals surface area contributed by atoms with Crippen LogP contribution in [0.1, 0.15) is 41.3 Å². The molecule has 0 saturated heterocycles. The van der Waals surface area contributed by atoms with Gasteiger partial charge < -0.3 is 15.2 Å². The molecule has 3 rings (SSSR count). The molecule has 0 radical (unpaired) electrons. The van der Waals surface area contributed by atoms with Crippen molar-refractivity contribution in [1.82, 2.24) is 10.2 Å². The lowest BCUT2D eigenvalue weighted by molar-refractivity contribution is -0.139. The van der Waals surface area contributed by atoms with E-state index in [1.165, 1.54) is 0 Å². The Morgan fingerprint density at radius 1 is 1.14 bits per heavy atom. The second-order valence-electron chi connectivity index (χ2n) is 7.46. The molecule has 0 aromatic heterocycles. The van der Waals surface area contributed by atoms with E-state index in [0.717, 1.165) is 24.0 Å². The molecule has 1 aliphatic rings. The van der Waals surface area contributed by atoms with Gasteiger partial charge in [-0.2, -0.15) is 0 Å². The Kier molecular flexibility index (Phi) is 6.88. The van der Waals surface area contributed by atoms with Gasteiger partial charge in [-0.3, -0.25) is 14.5 Å². The predicted molar refractivity (Wildman–Crippen MR) is 111 cm³/mol. The van der Waals surface area contributed by atoms with E-state index in [1.54, 1.807) is 6.07 Å². The summed E-state index contributed by atoms with van der Waals surface area (Å²) in [5.41, 5.74) is 2.75. The first kappa shape index (κ1) is 20.9. The van der Waals surface area contributed by atoms with Crippen molar-refractivity contribution in [3.8, 4) is 5.75 Å². The third-order valence-electron chi connectivity index (χ3n) is 5.49. The van der Waals surface area contributed by atoms with Crippen LogP contribution in [0.2, 0.25) is 0 Å². The molecule has 0 spiro atoms. The van der Waals surface area contributed by atoms with Crippen LogP contribution in [0, 0.1) is 6.92 Å². The number of aryl methyl sites for hydroxylation is 1. The number of ether oxygens (including phenoxy) is 1. The molecule has 6 nitrogen and oxygen atoms in total. The van der Waals surface area contributed by atoms with Crippen molar-refractivity contribution in [1.29, 1.82) is 0 Å². The van der Waals surface area contributed by atoms with Crippen molar-refractivity contribution >= 4 is 11.9 Å². The molecule has 2 N–H and O–H groups in total. The first-order chi connectivity index (χ1) is 14.0. The maximum atomic E-state index is 12.8. The molecule has 1 fully saturated rings. The van der Waals surface area contributed by atoms with Crippen molar-refractivity contribution in [2.45, 2.75) is 45.4 Å². The fourth-order valence-electron chi connectivity index (χ4n) is 3.65. The number of para-hydroxylation sites is 1. The number of amides is 1. The molecule has 154 valence electrons. The van der Waals surface area contributed by atoms with Gasteiger partial charge in [0.15, 0.2) is 0 Å². The zero-order valence-corrected chi connectivity index (χ0v) is 16.9. The third kappa shape index (κ3) is 5.35. The Bertz CT molecular complexity index is 861. The third-order valence-corrected chi connectivity index (χ3v) is 5.49. The number of nitrogens with zero attached hydrogens (tertiary/aromatic N) is 1. The van der Waals surface area contributed by atoms with Crippen LogP contribution < -0.4 is 10.1 Å². The number of carboxylic acids is 1. The molecular weight excluding hydrogens is 368 g/mol. The van der Waals surface area contributed by atoms with Gasteiger partial charge >= 0.3 is 5.97 Å². The van der Waals surface area contributed by atoms with E-state index in [1.807, 2.05) is 61.2 Å². The molecule has 2 aromatic rings. The molecule has 1 amide bonds. The molecule has 29 heavy (non-hydrogen) atoms. The number of hydrogen-bond acceptors (Lipinski definition) is 4. The highest BCUT2D eigenvalue weighted by Gasteiger charge is 2.35. The van der Waals surface area contributed by atoms with Gasteiger partial charge in [-0.25, -0.2) is 0 Å². The molecule has 0 bridgehead atoms. The molecule has 1 saturated carbocycles. The summed E-state index contributed by atoms with van der Waals surface area (Å²) in [6.45, 7) is 5.12. The van der Waals surface area contributed by atoms with Crippen LogP contribution in [0.5, 0.6) is 5.75 Å². The van der Waals surface area contributed by atoms with Crippen LogP contribution in [0.3, 0.4) is 0 Å². The molecular formula is C23H28N2O4. The summed E-state index contributed by atoms with van der Waals surface area (Å²) in [5, 5.41) is 12.1. The molecule has 0 aliphatic heterocycles. The average molecular weight is 396 g/mol. The van der Waals surface area contributed by atoms with Crippen LogP contribution in [0.4, 0.5) is 0 Å². The summed E-state index contributed by atoms with van der Waals surface area (Å²) in [6, 6.07) is 15.5. The smallest absolute Gasteiger partial charge is 0.317 e. The Morgan fingerprint density at radius 2 is 1.83 bits per heavy atom. The summed E-state index contributed by atoms with van der Waals surface area (Å²) < 4.78 is 5.94. The van der Waals surface area contributed by atoms with Crippen molar-refractivity contribution in [2.24, 2.45) is 0 Å². The average Bonchev–Trinajstić information content (AvgIpc) is 2.68. The Balaban J connectivity index is 1.57. The molecule has 0 heterocycles. The molecule has 0 atom stereocenters. The highest BCUT2D eigenvalue weighted by atomic mass is 16.5. The number of carbonyl (C=O) groups is 2. The van der Waals surface area contributed by atoms with E-state index in [9.17, 15) is 9.59 Å². The second kappa shape index (κ2) is 9.56. The van der Waals surface area contributed by atoms with Crippen molar-refractivity contribution in [3.05, 3.63) is 65.2 Å². The van der Waals surface area contributed by atoms with Crippen molar-refractivity contribution in [3.63, 3.8) is 0 Å². The normalized spacial score (nSPS) is 18.2. The highest BCUT2D eigenvalue weighted by Crippen LogP contribution is 2.27. The first-order valence-electron chi connectivity index (χ1n) is 10.0. The fourth-order valence-corrected chi connectivity index (χ4v) is 3.65. The second-order valence-corrected chi connectivity index (χ2v) is 7.46. The van der Waals surface area contributed by atoms with E-state index in [2.05, 4.69) is 5.32 Å². The van der Waals surface area contributed by atoms with Crippen LogP contribution in [-0.2, 0) is 11.4 Å². The Morgan fingerprint density at radius 3 is 2.52 bits per heavy atom. The lowest BCUT2D eigenvalue weighted by atomic mass is 9.85. The van der Waals surface area contributed by atoms with Crippen LogP contribution in [0.15, 0.2) is 48.5 Å².